The molecule has 1 aliphatic heterocycles. The quantitative estimate of drug-likeness (QED) is 0.829. The van der Waals surface area contributed by atoms with Crippen molar-refractivity contribution in [2.24, 2.45) is 5.92 Å². The second kappa shape index (κ2) is 7.22. The smallest absolute Gasteiger partial charge is 0.228 e. The molecule has 1 aromatic heterocycles. The number of carbonyl (C=O) groups excluding carboxylic acids is 1. The fraction of sp³-hybridized carbons (Fsp3) is 0.400. The summed E-state index contributed by atoms with van der Waals surface area (Å²) in [5.74, 6) is 1.32. The largest absolute Gasteiger partial charge is 0.493 e. The minimum Gasteiger partial charge on any atom is -0.493 e. The number of benzene rings is 1. The van der Waals surface area contributed by atoms with Crippen LogP contribution in [-0.2, 0) is 17.8 Å². The van der Waals surface area contributed by atoms with Crippen molar-refractivity contribution in [3.05, 3.63) is 39.8 Å². The van der Waals surface area contributed by atoms with Crippen LogP contribution < -0.4 is 20.1 Å². The average Bonchev–Trinajstić information content (AvgIpc) is 3.42. The summed E-state index contributed by atoms with van der Waals surface area (Å²) in [5, 5.41) is 16.5. The van der Waals surface area contributed by atoms with Crippen LogP contribution in [0.3, 0.4) is 0 Å². The monoisotopic (exact) mass is 383 g/mol. The van der Waals surface area contributed by atoms with E-state index in [4.69, 9.17) is 9.47 Å². The van der Waals surface area contributed by atoms with Crippen LogP contribution in [0.1, 0.15) is 33.9 Å². The molecule has 0 saturated heterocycles. The Morgan fingerprint density at radius 3 is 2.96 bits per heavy atom. The highest BCUT2D eigenvalue weighted by Gasteiger charge is 2.46. The zero-order valence-corrected chi connectivity index (χ0v) is 16.1. The molecule has 1 aliphatic carbocycles. The molecule has 27 heavy (non-hydrogen) atoms. The number of nitrogens with one attached hydrogen (secondary N) is 2. The van der Waals surface area contributed by atoms with Gasteiger partial charge in [-0.1, -0.05) is 12.1 Å². The van der Waals surface area contributed by atoms with E-state index in [2.05, 4.69) is 16.7 Å². The predicted octanol–water partition coefficient (Wildman–Crippen LogP) is 3.02. The lowest BCUT2D eigenvalue weighted by atomic mass is 10.0. The highest BCUT2D eigenvalue weighted by atomic mass is 32.1. The normalized spacial score (nSPS) is 20.3. The van der Waals surface area contributed by atoms with Gasteiger partial charge in [0, 0.05) is 28.8 Å². The minimum atomic E-state index is -0.116. The van der Waals surface area contributed by atoms with E-state index in [-0.39, 0.29) is 17.7 Å². The van der Waals surface area contributed by atoms with E-state index in [9.17, 15) is 10.1 Å². The van der Waals surface area contributed by atoms with Crippen molar-refractivity contribution in [1.82, 2.24) is 5.32 Å². The highest BCUT2D eigenvalue weighted by Crippen LogP contribution is 2.53. The van der Waals surface area contributed by atoms with Gasteiger partial charge in [-0.15, -0.1) is 11.3 Å². The number of hydrogen-bond acceptors (Lipinski definition) is 6. The lowest BCUT2D eigenvalue weighted by Crippen LogP contribution is -2.22. The Morgan fingerprint density at radius 2 is 2.22 bits per heavy atom. The number of anilines is 1. The van der Waals surface area contributed by atoms with Crippen molar-refractivity contribution in [1.29, 1.82) is 5.26 Å². The zero-order valence-electron chi connectivity index (χ0n) is 15.3. The summed E-state index contributed by atoms with van der Waals surface area (Å²) >= 11 is 1.51. The number of ether oxygens (including phenoxy) is 2. The summed E-state index contributed by atoms with van der Waals surface area (Å²) in [6, 6.07) is 8.02. The van der Waals surface area contributed by atoms with Crippen molar-refractivity contribution in [2.75, 3.05) is 26.1 Å². The molecule has 6 nitrogen and oxygen atoms in total. The van der Waals surface area contributed by atoms with Crippen LogP contribution >= 0.6 is 11.3 Å². The zero-order chi connectivity index (χ0) is 19.0. The summed E-state index contributed by atoms with van der Waals surface area (Å²) in [6.45, 7) is 1.63. The van der Waals surface area contributed by atoms with Gasteiger partial charge in [-0.05, 0) is 31.0 Å². The fourth-order valence-corrected chi connectivity index (χ4v) is 4.95. The molecule has 7 heteroatoms. The molecule has 1 saturated carbocycles. The first-order valence-corrected chi connectivity index (χ1v) is 9.76. The van der Waals surface area contributed by atoms with Crippen molar-refractivity contribution < 1.29 is 14.3 Å². The standard InChI is InChI=1S/C20H21N3O3S/c1-25-16-5-3-4-12(18(16)26-2)13-8-14(13)19(24)23-20-15(9-21)11-6-7-22-10-17(11)27-20/h3-5,13-14,22H,6-8,10H2,1-2H3,(H,23,24). The Hall–Kier alpha value is -2.56. The van der Waals surface area contributed by atoms with Gasteiger partial charge in [-0.3, -0.25) is 4.79 Å². The van der Waals surface area contributed by atoms with Crippen molar-refractivity contribution in [3.8, 4) is 17.6 Å². The molecule has 0 bridgehead atoms. The van der Waals surface area contributed by atoms with Gasteiger partial charge in [-0.2, -0.15) is 5.26 Å². The molecule has 0 spiro atoms. The Labute approximate surface area is 162 Å². The summed E-state index contributed by atoms with van der Waals surface area (Å²) < 4.78 is 10.9. The summed E-state index contributed by atoms with van der Waals surface area (Å²) in [6.07, 6.45) is 1.60. The van der Waals surface area contributed by atoms with Crippen molar-refractivity contribution >= 4 is 22.2 Å². The summed E-state index contributed by atoms with van der Waals surface area (Å²) in [5.41, 5.74) is 2.70. The van der Waals surface area contributed by atoms with E-state index in [0.717, 1.165) is 41.9 Å². The van der Waals surface area contributed by atoms with E-state index in [1.807, 2.05) is 18.2 Å². The number of para-hydroxylation sites is 1. The van der Waals surface area contributed by atoms with Gasteiger partial charge in [0.1, 0.15) is 11.1 Å². The molecule has 1 amide bonds. The molecular weight excluding hydrogens is 362 g/mol. The van der Waals surface area contributed by atoms with Crippen molar-refractivity contribution in [3.63, 3.8) is 0 Å². The maximum absolute atomic E-state index is 12.8. The van der Waals surface area contributed by atoms with Gasteiger partial charge in [-0.25, -0.2) is 0 Å². The van der Waals surface area contributed by atoms with Crippen LogP contribution in [0.25, 0.3) is 0 Å². The molecule has 4 rings (SSSR count). The maximum Gasteiger partial charge on any atom is 0.228 e. The van der Waals surface area contributed by atoms with E-state index in [0.29, 0.717) is 22.1 Å². The number of thiophene rings is 1. The fourth-order valence-electron chi connectivity index (χ4n) is 3.78. The highest BCUT2D eigenvalue weighted by molar-refractivity contribution is 7.16. The van der Waals surface area contributed by atoms with Gasteiger partial charge in [0.2, 0.25) is 5.91 Å². The molecule has 140 valence electrons. The van der Waals surface area contributed by atoms with Gasteiger partial charge in [0.25, 0.3) is 0 Å². The molecule has 1 fully saturated rings. The van der Waals surface area contributed by atoms with E-state index in [1.54, 1.807) is 14.2 Å². The number of hydrogen-bond donors (Lipinski definition) is 2. The van der Waals surface area contributed by atoms with Crippen molar-refractivity contribution in [2.45, 2.75) is 25.3 Å². The van der Waals surface area contributed by atoms with Gasteiger partial charge in [0.15, 0.2) is 11.5 Å². The van der Waals surface area contributed by atoms with E-state index < -0.39 is 0 Å². The lowest BCUT2D eigenvalue weighted by Gasteiger charge is -2.12. The van der Waals surface area contributed by atoms with Crippen LogP contribution in [0.2, 0.25) is 0 Å². The number of amides is 1. The number of rotatable bonds is 5. The Balaban J connectivity index is 1.52. The topological polar surface area (TPSA) is 83.4 Å². The molecular formula is C20H21N3O3S. The van der Waals surface area contributed by atoms with Gasteiger partial charge in [0.05, 0.1) is 19.8 Å². The number of nitriles is 1. The maximum atomic E-state index is 12.8. The van der Waals surface area contributed by atoms with Crippen LogP contribution in [0.15, 0.2) is 18.2 Å². The predicted molar refractivity (Wildman–Crippen MR) is 103 cm³/mol. The first-order valence-electron chi connectivity index (χ1n) is 8.95. The summed E-state index contributed by atoms with van der Waals surface area (Å²) in [4.78, 5) is 13.9. The molecule has 2 aliphatic rings. The second-order valence-corrected chi connectivity index (χ2v) is 7.87. The van der Waals surface area contributed by atoms with E-state index >= 15 is 0 Å². The first kappa shape index (κ1) is 17.8. The number of methoxy groups -OCH3 is 2. The van der Waals surface area contributed by atoms with Crippen LogP contribution in [0.4, 0.5) is 5.00 Å². The molecule has 2 unspecified atom stereocenters. The second-order valence-electron chi connectivity index (χ2n) is 6.77. The average molecular weight is 383 g/mol. The minimum absolute atomic E-state index is 0.0343. The molecule has 2 atom stereocenters. The van der Waals surface area contributed by atoms with Crippen LogP contribution in [-0.4, -0.2) is 26.7 Å². The third kappa shape index (κ3) is 3.15. The van der Waals surface area contributed by atoms with Gasteiger partial charge < -0.3 is 20.1 Å². The molecule has 0 radical (unpaired) electrons. The van der Waals surface area contributed by atoms with Gasteiger partial charge >= 0.3 is 0 Å². The molecule has 2 heterocycles. The third-order valence-corrected chi connectivity index (χ3v) is 6.38. The molecule has 2 N–H and O–H groups in total. The van der Waals surface area contributed by atoms with Crippen LogP contribution in [0.5, 0.6) is 11.5 Å². The SMILES string of the molecule is COc1cccc(C2CC2C(=O)Nc2sc3c(c2C#N)CCNC3)c1OC. The number of nitrogens with zero attached hydrogens (tertiary/aromatic N) is 1. The number of carbonyl (C=O) groups is 1. The van der Waals surface area contributed by atoms with E-state index in [1.165, 1.54) is 11.3 Å². The first-order chi connectivity index (χ1) is 13.2. The molecule has 2 aromatic rings. The Kier molecular flexibility index (Phi) is 4.77. The Morgan fingerprint density at radius 1 is 1.37 bits per heavy atom. The van der Waals surface area contributed by atoms with Crippen LogP contribution in [0, 0.1) is 17.2 Å². The lowest BCUT2D eigenvalue weighted by molar-refractivity contribution is -0.117. The summed E-state index contributed by atoms with van der Waals surface area (Å²) in [7, 11) is 3.22. The third-order valence-electron chi connectivity index (χ3n) is 5.24. The molecule has 1 aromatic carbocycles. The Bertz CT molecular complexity index is 931. The number of fused-ring (bicyclic) bond motifs is 1.